The zero-order valence-corrected chi connectivity index (χ0v) is 15.9. The molecule has 0 fully saturated rings. The second-order valence-electron chi connectivity index (χ2n) is 6.43. The first-order valence-corrected chi connectivity index (χ1v) is 9.71. The number of benzene rings is 2. The van der Waals surface area contributed by atoms with Crippen molar-refractivity contribution in [1.82, 2.24) is 19.8 Å². The van der Waals surface area contributed by atoms with Crippen molar-refractivity contribution in [2.24, 2.45) is 4.99 Å². The lowest BCUT2D eigenvalue weighted by atomic mass is 10.0. The van der Waals surface area contributed by atoms with Crippen LogP contribution in [0.15, 0.2) is 64.5 Å². The Morgan fingerprint density at radius 3 is 2.79 bits per heavy atom. The minimum atomic E-state index is -0.217. The quantitative estimate of drug-likeness (QED) is 0.527. The Bertz CT molecular complexity index is 1270. The largest absolute Gasteiger partial charge is 0.488 e. The number of rotatable bonds is 5. The first-order chi connectivity index (χ1) is 14.3. The summed E-state index contributed by atoms with van der Waals surface area (Å²) in [4.78, 5) is 17.6. The van der Waals surface area contributed by atoms with E-state index < -0.39 is 0 Å². The number of nitrogens with zero attached hydrogens (tertiary/aromatic N) is 3. The van der Waals surface area contributed by atoms with E-state index in [1.807, 2.05) is 54.6 Å². The van der Waals surface area contributed by atoms with Crippen LogP contribution in [0, 0.1) is 0 Å². The topological polar surface area (TPSA) is 96.0 Å². The highest BCUT2D eigenvalue weighted by atomic mass is 32.1. The minimum Gasteiger partial charge on any atom is -0.488 e. The van der Waals surface area contributed by atoms with E-state index in [1.54, 1.807) is 12.4 Å². The SMILES string of the molecule is O=c1[nH][nH]c(-c2cnns2)c1/C=C1\C=Nc2cccc(OCc3ccccc3)c21. The highest BCUT2D eigenvalue weighted by Crippen LogP contribution is 2.40. The molecular weight excluding hydrogens is 386 g/mol. The van der Waals surface area contributed by atoms with Gasteiger partial charge in [0.25, 0.3) is 5.56 Å². The van der Waals surface area contributed by atoms with E-state index in [1.165, 1.54) is 11.5 Å². The van der Waals surface area contributed by atoms with E-state index in [2.05, 4.69) is 24.8 Å². The standard InChI is InChI=1S/C21H15N5O2S/c27-21-15(20(24-25-21)18-11-23-26-29-18)9-14-10-22-16-7-4-8-17(19(14)16)28-12-13-5-2-1-3-6-13/h1-11H,12H2,(H2,24,25,27)/b14-9+. The van der Waals surface area contributed by atoms with E-state index in [9.17, 15) is 4.79 Å². The van der Waals surface area contributed by atoms with Crippen LogP contribution in [0.2, 0.25) is 0 Å². The summed E-state index contributed by atoms with van der Waals surface area (Å²) < 4.78 is 9.96. The Balaban J connectivity index is 1.53. The van der Waals surface area contributed by atoms with Gasteiger partial charge >= 0.3 is 0 Å². The molecule has 29 heavy (non-hydrogen) atoms. The van der Waals surface area contributed by atoms with E-state index in [4.69, 9.17) is 4.74 Å². The molecule has 0 aliphatic carbocycles. The van der Waals surface area contributed by atoms with Gasteiger partial charge in [-0.05, 0) is 35.3 Å². The first kappa shape index (κ1) is 17.3. The summed E-state index contributed by atoms with van der Waals surface area (Å²) in [6.07, 6.45) is 5.19. The number of aromatic amines is 2. The van der Waals surface area contributed by atoms with E-state index >= 15 is 0 Å². The molecule has 1 aliphatic rings. The van der Waals surface area contributed by atoms with Crippen LogP contribution in [0.25, 0.3) is 22.2 Å². The van der Waals surface area contributed by atoms with Crippen molar-refractivity contribution >= 4 is 35.1 Å². The molecule has 142 valence electrons. The van der Waals surface area contributed by atoms with Crippen LogP contribution in [0.1, 0.15) is 16.7 Å². The molecule has 0 saturated heterocycles. The molecule has 0 bridgehead atoms. The molecule has 2 N–H and O–H groups in total. The number of aromatic nitrogens is 4. The summed E-state index contributed by atoms with van der Waals surface area (Å²) in [5, 5.41) is 9.39. The molecule has 0 amide bonds. The third-order valence-corrected chi connectivity index (χ3v) is 5.28. The number of fused-ring (bicyclic) bond motifs is 1. The first-order valence-electron chi connectivity index (χ1n) is 8.94. The summed E-state index contributed by atoms with van der Waals surface area (Å²) in [6, 6.07) is 15.7. The van der Waals surface area contributed by atoms with Gasteiger partial charge in [-0.2, -0.15) is 0 Å². The number of nitrogens with one attached hydrogen (secondary N) is 2. The Morgan fingerprint density at radius 1 is 1.07 bits per heavy atom. The predicted molar refractivity (Wildman–Crippen MR) is 114 cm³/mol. The molecule has 5 rings (SSSR count). The van der Waals surface area contributed by atoms with Gasteiger partial charge in [0.2, 0.25) is 0 Å². The molecule has 0 saturated carbocycles. The van der Waals surface area contributed by atoms with Crippen LogP contribution in [0.5, 0.6) is 5.75 Å². The van der Waals surface area contributed by atoms with Crippen LogP contribution < -0.4 is 10.3 Å². The van der Waals surface area contributed by atoms with Crippen LogP contribution >= 0.6 is 11.5 Å². The molecule has 2 aromatic carbocycles. The van der Waals surface area contributed by atoms with Crippen molar-refractivity contribution in [3.8, 4) is 16.3 Å². The van der Waals surface area contributed by atoms with Crippen molar-refractivity contribution in [2.75, 3.05) is 0 Å². The summed E-state index contributed by atoms with van der Waals surface area (Å²) in [5.41, 5.74) is 4.52. The molecule has 3 heterocycles. The Hall–Kier alpha value is -3.78. The van der Waals surface area contributed by atoms with Gasteiger partial charge in [0.15, 0.2) is 0 Å². The lowest BCUT2D eigenvalue weighted by Gasteiger charge is -2.11. The zero-order chi connectivity index (χ0) is 19.6. The molecule has 2 aromatic heterocycles. The Kier molecular flexibility index (Phi) is 4.38. The van der Waals surface area contributed by atoms with Gasteiger partial charge in [0.05, 0.1) is 33.6 Å². The van der Waals surface area contributed by atoms with E-state index in [0.29, 0.717) is 17.9 Å². The summed E-state index contributed by atoms with van der Waals surface area (Å²) in [7, 11) is 0. The lowest BCUT2D eigenvalue weighted by Crippen LogP contribution is -2.02. The molecule has 4 aromatic rings. The normalized spacial score (nSPS) is 13.7. The van der Waals surface area contributed by atoms with Gasteiger partial charge in [-0.15, -0.1) is 5.10 Å². The van der Waals surface area contributed by atoms with Gasteiger partial charge in [-0.3, -0.25) is 20.0 Å². The molecule has 1 aliphatic heterocycles. The number of allylic oxidation sites excluding steroid dienone is 1. The second kappa shape index (κ2) is 7.33. The molecule has 0 spiro atoms. The van der Waals surface area contributed by atoms with Crippen molar-refractivity contribution < 1.29 is 4.74 Å². The van der Waals surface area contributed by atoms with Gasteiger partial charge < -0.3 is 4.74 Å². The number of hydrogen-bond acceptors (Lipinski definition) is 6. The van der Waals surface area contributed by atoms with Crippen molar-refractivity contribution in [3.05, 3.63) is 81.8 Å². The maximum atomic E-state index is 12.4. The molecule has 8 heteroatoms. The molecule has 0 unspecified atom stereocenters. The van der Waals surface area contributed by atoms with E-state index in [0.717, 1.165) is 33.0 Å². The Labute approximate surface area is 169 Å². The third-order valence-electron chi connectivity index (χ3n) is 4.60. The highest BCUT2D eigenvalue weighted by molar-refractivity contribution is 7.09. The van der Waals surface area contributed by atoms with Gasteiger partial charge in [-0.1, -0.05) is 40.9 Å². The van der Waals surface area contributed by atoms with Crippen LogP contribution in [-0.4, -0.2) is 26.0 Å². The summed E-state index contributed by atoms with van der Waals surface area (Å²) in [6.45, 7) is 0.451. The fourth-order valence-electron chi connectivity index (χ4n) is 3.22. The molecule has 7 nitrogen and oxygen atoms in total. The second-order valence-corrected chi connectivity index (χ2v) is 7.22. The smallest absolute Gasteiger partial charge is 0.271 e. The number of hydrogen-bond donors (Lipinski definition) is 2. The summed E-state index contributed by atoms with van der Waals surface area (Å²) in [5.74, 6) is 0.725. The number of H-pyrrole nitrogens is 2. The fraction of sp³-hybridized carbons (Fsp3) is 0.0476. The van der Waals surface area contributed by atoms with Crippen molar-refractivity contribution in [3.63, 3.8) is 0 Å². The van der Waals surface area contributed by atoms with Crippen LogP contribution in [0.3, 0.4) is 0 Å². The lowest BCUT2D eigenvalue weighted by molar-refractivity contribution is 0.305. The van der Waals surface area contributed by atoms with Gasteiger partial charge in [0, 0.05) is 11.8 Å². The molecular formula is C21H15N5O2S. The van der Waals surface area contributed by atoms with Crippen molar-refractivity contribution in [1.29, 1.82) is 0 Å². The fourth-order valence-corrected chi connectivity index (χ4v) is 3.75. The maximum Gasteiger partial charge on any atom is 0.271 e. The predicted octanol–water partition coefficient (Wildman–Crippen LogP) is 4.06. The molecule has 0 radical (unpaired) electrons. The van der Waals surface area contributed by atoms with Gasteiger partial charge in [0.1, 0.15) is 12.4 Å². The zero-order valence-electron chi connectivity index (χ0n) is 15.1. The van der Waals surface area contributed by atoms with Crippen LogP contribution in [-0.2, 0) is 6.61 Å². The maximum absolute atomic E-state index is 12.4. The summed E-state index contributed by atoms with van der Waals surface area (Å²) >= 11 is 1.22. The van der Waals surface area contributed by atoms with Crippen molar-refractivity contribution in [2.45, 2.75) is 6.61 Å². The number of aliphatic imine (C=N–C) groups is 1. The average Bonchev–Trinajstić information content (AvgIpc) is 3.49. The minimum absolute atomic E-state index is 0.217. The Morgan fingerprint density at radius 2 is 1.97 bits per heavy atom. The van der Waals surface area contributed by atoms with Crippen LogP contribution in [0.4, 0.5) is 5.69 Å². The number of ether oxygens (including phenoxy) is 1. The van der Waals surface area contributed by atoms with Gasteiger partial charge in [-0.25, -0.2) is 0 Å². The monoisotopic (exact) mass is 401 g/mol. The molecule has 0 atom stereocenters. The average molecular weight is 401 g/mol. The van der Waals surface area contributed by atoms with E-state index in [-0.39, 0.29) is 5.56 Å². The third kappa shape index (κ3) is 3.30. The highest BCUT2D eigenvalue weighted by Gasteiger charge is 2.20.